The number of amides is 2. The highest BCUT2D eigenvalue weighted by Crippen LogP contribution is 2.40. The van der Waals surface area contributed by atoms with Crippen molar-refractivity contribution in [2.24, 2.45) is 0 Å². The van der Waals surface area contributed by atoms with Gasteiger partial charge in [-0.05, 0) is 66.1 Å². The third-order valence-electron chi connectivity index (χ3n) is 6.37. The van der Waals surface area contributed by atoms with Gasteiger partial charge >= 0.3 is 6.03 Å². The summed E-state index contributed by atoms with van der Waals surface area (Å²) in [4.78, 5) is 15.7. The first-order valence-corrected chi connectivity index (χ1v) is 11.7. The fraction of sp³-hybridized carbons (Fsp3) is 0.179. The number of rotatable bonds is 4. The molecule has 5 rings (SSSR count). The number of aryl methyl sites for hydroxylation is 1. The van der Waals surface area contributed by atoms with Crippen LogP contribution in [0.15, 0.2) is 79.0 Å². The molecule has 1 N–H and O–H groups in total. The summed E-state index contributed by atoms with van der Waals surface area (Å²) in [5, 5.41) is 3.66. The van der Waals surface area contributed by atoms with E-state index in [1.165, 1.54) is 0 Å². The van der Waals surface area contributed by atoms with Gasteiger partial charge in [0.1, 0.15) is 0 Å². The topological polar surface area (TPSA) is 55.7 Å². The van der Waals surface area contributed by atoms with E-state index < -0.39 is 0 Å². The van der Waals surface area contributed by atoms with E-state index in [1.54, 1.807) is 20.3 Å². The number of urea groups is 1. The number of benzene rings is 3. The van der Waals surface area contributed by atoms with Crippen LogP contribution < -0.4 is 14.8 Å². The van der Waals surface area contributed by atoms with Crippen molar-refractivity contribution in [3.05, 3.63) is 106 Å². The number of carbonyl (C=O) groups excluding carboxylic acids is 1. The Kier molecular flexibility index (Phi) is 6.14. The lowest BCUT2D eigenvalue weighted by atomic mass is 10.0. The van der Waals surface area contributed by atoms with Crippen molar-refractivity contribution in [2.75, 3.05) is 19.5 Å². The van der Waals surface area contributed by atoms with Crippen molar-refractivity contribution in [1.29, 1.82) is 0 Å². The molecule has 178 valence electrons. The van der Waals surface area contributed by atoms with Crippen molar-refractivity contribution < 1.29 is 14.3 Å². The standard InChI is InChI=1S/C28H26ClN3O3/c1-18-10-12-21(16-22(18)29)30-28(33)32-17-20-7-4-5-8-23(20)31-14-6-9-24(31)27(32)19-11-13-25(34-2)26(15-19)35-3/h4-16,27H,17H2,1-3H3,(H,30,33)/t27-/m0/s1. The van der Waals surface area contributed by atoms with E-state index in [1.807, 2.05) is 72.6 Å². The molecule has 0 spiro atoms. The number of hydrogen-bond acceptors (Lipinski definition) is 3. The third kappa shape index (κ3) is 4.21. The molecule has 1 atom stereocenters. The number of methoxy groups -OCH3 is 2. The Balaban J connectivity index is 1.64. The van der Waals surface area contributed by atoms with E-state index in [0.717, 1.165) is 28.1 Å². The van der Waals surface area contributed by atoms with Crippen LogP contribution in [0.4, 0.5) is 10.5 Å². The zero-order valence-corrected chi connectivity index (χ0v) is 20.5. The number of nitrogens with one attached hydrogen (secondary N) is 1. The summed E-state index contributed by atoms with van der Waals surface area (Å²) in [5.41, 5.74) is 5.57. The van der Waals surface area contributed by atoms with Crippen LogP contribution in [0.25, 0.3) is 5.69 Å². The van der Waals surface area contributed by atoms with Gasteiger partial charge in [0.25, 0.3) is 0 Å². The predicted octanol–water partition coefficient (Wildman–Crippen LogP) is 6.59. The molecule has 2 amide bonds. The van der Waals surface area contributed by atoms with E-state index >= 15 is 0 Å². The molecule has 0 saturated carbocycles. The Morgan fingerprint density at radius 2 is 1.77 bits per heavy atom. The van der Waals surface area contributed by atoms with Crippen molar-refractivity contribution in [1.82, 2.24) is 9.47 Å². The molecule has 0 aliphatic carbocycles. The molecule has 35 heavy (non-hydrogen) atoms. The van der Waals surface area contributed by atoms with Gasteiger partial charge in [-0.2, -0.15) is 0 Å². The lowest BCUT2D eigenvalue weighted by molar-refractivity contribution is 0.194. The van der Waals surface area contributed by atoms with E-state index in [0.29, 0.717) is 28.8 Å². The minimum absolute atomic E-state index is 0.228. The van der Waals surface area contributed by atoms with E-state index in [4.69, 9.17) is 21.1 Å². The van der Waals surface area contributed by atoms with Gasteiger partial charge in [0.2, 0.25) is 0 Å². The number of carbonyl (C=O) groups is 1. The Morgan fingerprint density at radius 1 is 0.971 bits per heavy atom. The molecule has 6 nitrogen and oxygen atoms in total. The molecule has 7 heteroatoms. The van der Waals surface area contributed by atoms with Gasteiger partial charge in [0.05, 0.1) is 32.5 Å². The molecule has 3 aromatic carbocycles. The fourth-order valence-corrected chi connectivity index (χ4v) is 4.76. The first kappa shape index (κ1) is 22.9. The van der Waals surface area contributed by atoms with Crippen molar-refractivity contribution in [2.45, 2.75) is 19.5 Å². The summed E-state index contributed by atoms with van der Waals surface area (Å²) in [7, 11) is 3.22. The normalized spacial score (nSPS) is 14.5. The highest BCUT2D eigenvalue weighted by atomic mass is 35.5. The molecule has 0 fully saturated rings. The maximum absolute atomic E-state index is 13.8. The quantitative estimate of drug-likeness (QED) is 0.353. The molecule has 1 aliphatic rings. The molecule has 1 aromatic heterocycles. The van der Waals surface area contributed by atoms with Gasteiger partial charge in [-0.15, -0.1) is 0 Å². The minimum Gasteiger partial charge on any atom is -0.493 e. The van der Waals surface area contributed by atoms with Crippen molar-refractivity contribution in [3.8, 4) is 17.2 Å². The molecular formula is C28H26ClN3O3. The Labute approximate surface area is 209 Å². The van der Waals surface area contributed by atoms with Crippen LogP contribution in [0, 0.1) is 6.92 Å². The second-order valence-electron chi connectivity index (χ2n) is 8.47. The van der Waals surface area contributed by atoms with Gasteiger partial charge < -0.3 is 24.3 Å². The van der Waals surface area contributed by atoms with Gasteiger partial charge in [-0.1, -0.05) is 41.9 Å². The number of hydrogen-bond donors (Lipinski definition) is 1. The van der Waals surface area contributed by atoms with Crippen LogP contribution >= 0.6 is 11.6 Å². The van der Waals surface area contributed by atoms with E-state index in [2.05, 4.69) is 22.0 Å². The highest BCUT2D eigenvalue weighted by molar-refractivity contribution is 6.31. The highest BCUT2D eigenvalue weighted by Gasteiger charge is 2.33. The van der Waals surface area contributed by atoms with Gasteiger partial charge in [-0.25, -0.2) is 4.79 Å². The lowest BCUT2D eigenvalue weighted by Gasteiger charge is -2.31. The van der Waals surface area contributed by atoms with E-state index in [9.17, 15) is 4.79 Å². The zero-order chi connectivity index (χ0) is 24.5. The minimum atomic E-state index is -0.377. The molecule has 0 unspecified atom stereocenters. The summed E-state index contributed by atoms with van der Waals surface area (Å²) in [6.07, 6.45) is 2.03. The van der Waals surface area contributed by atoms with Crippen LogP contribution in [-0.4, -0.2) is 29.7 Å². The number of nitrogens with zero attached hydrogens (tertiary/aromatic N) is 2. The number of fused-ring (bicyclic) bond motifs is 3. The maximum atomic E-state index is 13.8. The number of ether oxygens (including phenoxy) is 2. The zero-order valence-electron chi connectivity index (χ0n) is 19.8. The second-order valence-corrected chi connectivity index (χ2v) is 8.88. The van der Waals surface area contributed by atoms with Gasteiger partial charge in [0, 0.05) is 22.6 Å². The monoisotopic (exact) mass is 487 g/mol. The Hall–Kier alpha value is -3.90. The summed E-state index contributed by atoms with van der Waals surface area (Å²) >= 11 is 6.32. The Bertz CT molecular complexity index is 1400. The number of para-hydroxylation sites is 1. The summed E-state index contributed by atoms with van der Waals surface area (Å²) in [6.45, 7) is 2.35. The number of aromatic nitrogens is 1. The first-order valence-electron chi connectivity index (χ1n) is 11.3. The molecule has 0 radical (unpaired) electrons. The van der Waals surface area contributed by atoms with Crippen molar-refractivity contribution >= 4 is 23.3 Å². The lowest BCUT2D eigenvalue weighted by Crippen LogP contribution is -2.38. The van der Waals surface area contributed by atoms with Crippen LogP contribution in [-0.2, 0) is 6.54 Å². The van der Waals surface area contributed by atoms with Crippen LogP contribution in [0.5, 0.6) is 11.5 Å². The van der Waals surface area contributed by atoms with E-state index in [-0.39, 0.29) is 12.1 Å². The third-order valence-corrected chi connectivity index (χ3v) is 6.78. The average molecular weight is 488 g/mol. The largest absolute Gasteiger partial charge is 0.493 e. The van der Waals surface area contributed by atoms with Crippen LogP contribution in [0.1, 0.15) is 28.4 Å². The smallest absolute Gasteiger partial charge is 0.322 e. The first-order chi connectivity index (χ1) is 17.0. The second kappa shape index (κ2) is 9.39. The van der Waals surface area contributed by atoms with Crippen LogP contribution in [0.2, 0.25) is 5.02 Å². The molecular weight excluding hydrogens is 462 g/mol. The maximum Gasteiger partial charge on any atom is 0.322 e. The van der Waals surface area contributed by atoms with Gasteiger partial charge in [0.15, 0.2) is 11.5 Å². The molecule has 0 bridgehead atoms. The molecule has 2 heterocycles. The predicted molar refractivity (Wildman–Crippen MR) is 138 cm³/mol. The number of anilines is 1. The SMILES string of the molecule is COc1ccc([C@H]2c3cccn3-c3ccccc3CN2C(=O)Nc2ccc(C)c(Cl)c2)cc1OC. The summed E-state index contributed by atoms with van der Waals surface area (Å²) < 4.78 is 13.2. The van der Waals surface area contributed by atoms with Crippen LogP contribution in [0.3, 0.4) is 0 Å². The van der Waals surface area contributed by atoms with Crippen molar-refractivity contribution in [3.63, 3.8) is 0 Å². The molecule has 0 saturated heterocycles. The van der Waals surface area contributed by atoms with Gasteiger partial charge in [-0.3, -0.25) is 0 Å². The Morgan fingerprint density at radius 3 is 2.54 bits per heavy atom. The summed E-state index contributed by atoms with van der Waals surface area (Å²) in [6, 6.07) is 22.9. The molecule has 1 aliphatic heterocycles. The summed E-state index contributed by atoms with van der Waals surface area (Å²) in [5.74, 6) is 1.24. The number of halogens is 1. The average Bonchev–Trinajstić information content (AvgIpc) is 3.30. The fourth-order valence-electron chi connectivity index (χ4n) is 4.58. The molecule has 4 aromatic rings.